The van der Waals surface area contributed by atoms with E-state index >= 15 is 0 Å². The van der Waals surface area contributed by atoms with Crippen molar-refractivity contribution < 1.29 is 18.7 Å². The first-order valence-electron chi connectivity index (χ1n) is 12.2. The number of amides is 1. The Kier molecular flexibility index (Phi) is 7.18. The molecule has 1 aliphatic heterocycles. The van der Waals surface area contributed by atoms with E-state index in [4.69, 9.17) is 14.6 Å². The number of halogens is 1. The van der Waals surface area contributed by atoms with Crippen LogP contribution in [-0.2, 0) is 6.54 Å². The van der Waals surface area contributed by atoms with Crippen molar-refractivity contribution in [3.05, 3.63) is 95.9 Å². The van der Waals surface area contributed by atoms with Crippen LogP contribution in [0.1, 0.15) is 16.1 Å². The smallest absolute Gasteiger partial charge is 0.272 e. The van der Waals surface area contributed by atoms with Crippen molar-refractivity contribution in [2.75, 3.05) is 40.4 Å². The lowest BCUT2D eigenvalue weighted by molar-refractivity contribution is 0.0619. The van der Waals surface area contributed by atoms with Crippen molar-refractivity contribution in [2.45, 2.75) is 6.54 Å². The third-order valence-electron chi connectivity index (χ3n) is 6.59. The topological polar surface area (TPSA) is 59.8 Å². The van der Waals surface area contributed by atoms with E-state index in [-0.39, 0.29) is 11.7 Å². The van der Waals surface area contributed by atoms with E-state index in [0.29, 0.717) is 41.7 Å². The standard InChI is InChI=1S/C29H29FN4O3/c1-36-24-12-13-25(28(18-24)37-2)26-19-27(34(31-26)23-10-8-22(30)9-11-23)29(35)33-16-14-32(15-17-33)20-21-6-4-3-5-7-21/h3-13,18-19H,14-17,20H2,1-2H3. The summed E-state index contributed by atoms with van der Waals surface area (Å²) < 4.78 is 26.1. The normalized spacial score (nSPS) is 14.0. The van der Waals surface area contributed by atoms with Gasteiger partial charge in [-0.15, -0.1) is 0 Å². The molecule has 1 aromatic heterocycles. The Bertz CT molecular complexity index is 1360. The van der Waals surface area contributed by atoms with Crippen molar-refractivity contribution in [1.29, 1.82) is 0 Å². The summed E-state index contributed by atoms with van der Waals surface area (Å²) in [5, 5.41) is 4.75. The third-order valence-corrected chi connectivity index (χ3v) is 6.59. The third kappa shape index (κ3) is 5.34. The lowest BCUT2D eigenvalue weighted by Gasteiger charge is -2.34. The lowest BCUT2D eigenvalue weighted by atomic mass is 10.1. The maximum Gasteiger partial charge on any atom is 0.272 e. The summed E-state index contributed by atoms with van der Waals surface area (Å²) in [7, 11) is 3.17. The highest BCUT2D eigenvalue weighted by molar-refractivity contribution is 5.94. The number of ether oxygens (including phenoxy) is 2. The molecule has 0 bridgehead atoms. The summed E-state index contributed by atoms with van der Waals surface area (Å²) in [4.78, 5) is 18.0. The first kappa shape index (κ1) is 24.5. The van der Waals surface area contributed by atoms with Gasteiger partial charge in [-0.1, -0.05) is 30.3 Å². The highest BCUT2D eigenvalue weighted by Gasteiger charge is 2.27. The predicted octanol–water partition coefficient (Wildman–Crippen LogP) is 4.65. The molecule has 7 nitrogen and oxygen atoms in total. The Morgan fingerprint density at radius 3 is 2.30 bits per heavy atom. The molecular weight excluding hydrogens is 471 g/mol. The van der Waals surface area contributed by atoms with E-state index in [9.17, 15) is 9.18 Å². The van der Waals surface area contributed by atoms with Crippen molar-refractivity contribution >= 4 is 5.91 Å². The number of piperazine rings is 1. The Morgan fingerprint density at radius 2 is 1.62 bits per heavy atom. The molecule has 2 heterocycles. The van der Waals surface area contributed by atoms with Crippen molar-refractivity contribution in [1.82, 2.24) is 19.6 Å². The average molecular weight is 501 g/mol. The molecule has 8 heteroatoms. The van der Waals surface area contributed by atoms with Crippen molar-refractivity contribution in [2.24, 2.45) is 0 Å². The fourth-order valence-electron chi connectivity index (χ4n) is 4.57. The van der Waals surface area contributed by atoms with Gasteiger partial charge in [0.25, 0.3) is 5.91 Å². The second-order valence-electron chi connectivity index (χ2n) is 8.92. The first-order valence-corrected chi connectivity index (χ1v) is 12.2. The van der Waals surface area contributed by atoms with E-state index in [1.807, 2.05) is 35.2 Å². The van der Waals surface area contributed by atoms with Crippen molar-refractivity contribution in [3.63, 3.8) is 0 Å². The maximum absolute atomic E-state index is 13.7. The second kappa shape index (κ2) is 10.8. The fraction of sp³-hybridized carbons (Fsp3) is 0.241. The number of carbonyl (C=O) groups is 1. The van der Waals surface area contributed by atoms with Crippen molar-refractivity contribution in [3.8, 4) is 28.4 Å². The summed E-state index contributed by atoms with van der Waals surface area (Å²) in [5.41, 5.74) is 3.58. The Balaban J connectivity index is 1.43. The number of hydrogen-bond acceptors (Lipinski definition) is 5. The van der Waals surface area contributed by atoms with E-state index in [0.717, 1.165) is 25.2 Å². The highest BCUT2D eigenvalue weighted by atomic mass is 19.1. The zero-order valence-electron chi connectivity index (χ0n) is 20.9. The molecule has 3 aromatic carbocycles. The van der Waals surface area contributed by atoms with Gasteiger partial charge in [-0.3, -0.25) is 9.69 Å². The summed E-state index contributed by atoms with van der Waals surface area (Å²) in [6.45, 7) is 3.65. The van der Waals surface area contributed by atoms with Gasteiger partial charge in [0.05, 0.1) is 25.6 Å². The first-order chi connectivity index (χ1) is 18.1. The van der Waals surface area contributed by atoms with E-state index < -0.39 is 0 Å². The maximum atomic E-state index is 13.7. The number of nitrogens with zero attached hydrogens (tertiary/aromatic N) is 4. The molecule has 5 rings (SSSR count). The molecule has 0 spiro atoms. The summed E-state index contributed by atoms with van der Waals surface area (Å²) in [6, 6.07) is 23.5. The molecule has 1 saturated heterocycles. The summed E-state index contributed by atoms with van der Waals surface area (Å²) in [6.07, 6.45) is 0. The molecular formula is C29H29FN4O3. The molecule has 0 atom stereocenters. The van der Waals surface area contributed by atoms with Gasteiger partial charge in [-0.25, -0.2) is 9.07 Å². The fourth-order valence-corrected chi connectivity index (χ4v) is 4.57. The van der Waals surface area contributed by atoms with Crippen LogP contribution in [-0.4, -0.2) is 65.9 Å². The van der Waals surface area contributed by atoms with Crippen LogP contribution >= 0.6 is 0 Å². The van der Waals surface area contributed by atoms with Gasteiger partial charge in [0.15, 0.2) is 0 Å². The molecule has 0 radical (unpaired) electrons. The number of hydrogen-bond donors (Lipinski definition) is 0. The van der Waals surface area contributed by atoms with Gasteiger partial charge < -0.3 is 14.4 Å². The molecule has 37 heavy (non-hydrogen) atoms. The molecule has 1 fully saturated rings. The zero-order chi connectivity index (χ0) is 25.8. The minimum Gasteiger partial charge on any atom is -0.497 e. The van der Waals surface area contributed by atoms with Crippen LogP contribution < -0.4 is 9.47 Å². The number of carbonyl (C=O) groups excluding carboxylic acids is 1. The number of rotatable bonds is 7. The van der Waals surface area contributed by atoms with Crippen LogP contribution in [0.2, 0.25) is 0 Å². The van der Waals surface area contributed by atoms with E-state index in [2.05, 4.69) is 17.0 Å². The largest absolute Gasteiger partial charge is 0.497 e. The number of aromatic nitrogens is 2. The summed E-state index contributed by atoms with van der Waals surface area (Å²) in [5.74, 6) is 0.769. The number of methoxy groups -OCH3 is 2. The lowest BCUT2D eigenvalue weighted by Crippen LogP contribution is -2.48. The van der Waals surface area contributed by atoms with Gasteiger partial charge in [-0.05, 0) is 48.0 Å². The van der Waals surface area contributed by atoms with Gasteiger partial charge in [0.1, 0.15) is 23.0 Å². The van der Waals surface area contributed by atoms with Crippen LogP contribution in [0.5, 0.6) is 11.5 Å². The van der Waals surface area contributed by atoms with E-state index in [1.54, 1.807) is 43.2 Å². The molecule has 0 N–H and O–H groups in total. The molecule has 1 amide bonds. The van der Waals surface area contributed by atoms with Crippen LogP contribution in [0, 0.1) is 5.82 Å². The molecule has 0 unspecified atom stereocenters. The SMILES string of the molecule is COc1ccc(-c2cc(C(=O)N3CCN(Cc4ccccc4)CC3)n(-c3ccc(F)cc3)n2)c(OC)c1. The van der Waals surface area contributed by atoms with Gasteiger partial charge in [0.2, 0.25) is 0 Å². The highest BCUT2D eigenvalue weighted by Crippen LogP contribution is 2.34. The Labute approximate surface area is 215 Å². The van der Waals surface area contributed by atoms with Crippen LogP contribution in [0.15, 0.2) is 78.9 Å². The van der Waals surface area contributed by atoms with Crippen LogP contribution in [0.25, 0.3) is 16.9 Å². The van der Waals surface area contributed by atoms with Gasteiger partial charge >= 0.3 is 0 Å². The zero-order valence-corrected chi connectivity index (χ0v) is 20.9. The van der Waals surface area contributed by atoms with E-state index in [1.165, 1.54) is 17.7 Å². The average Bonchev–Trinajstić information content (AvgIpc) is 3.39. The Hall–Kier alpha value is -4.17. The molecule has 190 valence electrons. The predicted molar refractivity (Wildman–Crippen MR) is 140 cm³/mol. The molecule has 0 aliphatic carbocycles. The summed E-state index contributed by atoms with van der Waals surface area (Å²) >= 11 is 0. The molecule has 4 aromatic rings. The number of benzene rings is 3. The quantitative estimate of drug-likeness (QED) is 0.370. The van der Waals surface area contributed by atoms with Crippen LogP contribution in [0.4, 0.5) is 4.39 Å². The Morgan fingerprint density at radius 1 is 0.892 bits per heavy atom. The molecule has 1 aliphatic rings. The van der Waals surface area contributed by atoms with Gasteiger partial charge in [0, 0.05) is 44.4 Å². The minimum absolute atomic E-state index is 0.116. The monoisotopic (exact) mass is 500 g/mol. The minimum atomic E-state index is -0.352. The van der Waals surface area contributed by atoms with Gasteiger partial charge in [-0.2, -0.15) is 5.10 Å². The second-order valence-corrected chi connectivity index (χ2v) is 8.92. The molecule has 0 saturated carbocycles. The van der Waals surface area contributed by atoms with Crippen LogP contribution in [0.3, 0.4) is 0 Å².